The van der Waals surface area contributed by atoms with Crippen molar-refractivity contribution in [2.75, 3.05) is 19.6 Å². The molecule has 0 aliphatic carbocycles. The Balaban J connectivity index is 1.02. The number of carbonyl (C=O) groups is 2. The minimum Gasteiger partial charge on any atom is -0.352 e. The van der Waals surface area contributed by atoms with Crippen molar-refractivity contribution in [3.05, 3.63) is 72.1 Å². The minimum atomic E-state index is -0.304. The van der Waals surface area contributed by atoms with Gasteiger partial charge in [-0.3, -0.25) is 9.59 Å². The van der Waals surface area contributed by atoms with Gasteiger partial charge in [0, 0.05) is 49.1 Å². The molecule has 1 fully saturated rings. The van der Waals surface area contributed by atoms with E-state index in [-0.39, 0.29) is 17.6 Å². The van der Waals surface area contributed by atoms with Gasteiger partial charge in [0.25, 0.3) is 11.8 Å². The topological polar surface area (TPSA) is 82.5 Å². The maximum Gasteiger partial charge on any atom is 0.270 e. The lowest BCUT2D eigenvalue weighted by molar-refractivity contribution is 0.0681. The summed E-state index contributed by atoms with van der Waals surface area (Å²) >= 11 is 0. The zero-order valence-corrected chi connectivity index (χ0v) is 19.0. The second-order valence-electron chi connectivity index (χ2n) is 9.01. The van der Waals surface area contributed by atoms with Crippen molar-refractivity contribution in [1.82, 2.24) is 24.6 Å². The number of benzene rings is 1. The Kier molecular flexibility index (Phi) is 6.29. The number of hydrogen-bond donors (Lipinski definition) is 2. The van der Waals surface area contributed by atoms with Crippen LogP contribution < -0.4 is 5.32 Å². The van der Waals surface area contributed by atoms with Gasteiger partial charge in [0.05, 0.1) is 5.56 Å². The molecule has 1 saturated heterocycles. The number of likely N-dealkylation sites (tertiary alicyclic amines) is 1. The SMILES string of the molecule is O=C(NCCCCC1CCN(C(=O)c2cc3cc(F)ccc3[nH]2)CC1)c1ccc2nccn2c1. The fourth-order valence-electron chi connectivity index (χ4n) is 4.73. The summed E-state index contributed by atoms with van der Waals surface area (Å²) in [4.78, 5) is 34.4. The molecule has 0 bridgehead atoms. The third kappa shape index (κ3) is 4.81. The number of aromatic amines is 1. The molecule has 7 nitrogen and oxygen atoms in total. The van der Waals surface area contributed by atoms with E-state index >= 15 is 0 Å². The third-order valence-electron chi connectivity index (χ3n) is 6.69. The molecule has 176 valence electrons. The van der Waals surface area contributed by atoms with E-state index in [2.05, 4.69) is 15.3 Å². The number of unbranched alkanes of at least 4 members (excludes halogenated alkanes) is 1. The largest absolute Gasteiger partial charge is 0.352 e. The van der Waals surface area contributed by atoms with Crippen LogP contribution in [0.25, 0.3) is 16.6 Å². The van der Waals surface area contributed by atoms with Gasteiger partial charge in [-0.2, -0.15) is 0 Å². The van der Waals surface area contributed by atoms with Gasteiger partial charge < -0.3 is 19.6 Å². The number of aromatic nitrogens is 3. The van der Waals surface area contributed by atoms with Crippen LogP contribution in [0.2, 0.25) is 0 Å². The quantitative estimate of drug-likeness (QED) is 0.400. The predicted octanol–water partition coefficient (Wildman–Crippen LogP) is 4.41. The van der Waals surface area contributed by atoms with E-state index in [0.717, 1.165) is 56.4 Å². The summed E-state index contributed by atoms with van der Waals surface area (Å²) in [7, 11) is 0. The molecule has 0 saturated carbocycles. The van der Waals surface area contributed by atoms with Crippen LogP contribution in [0.15, 0.2) is 55.0 Å². The van der Waals surface area contributed by atoms with E-state index in [0.29, 0.717) is 29.1 Å². The van der Waals surface area contributed by atoms with Gasteiger partial charge in [-0.05, 0) is 61.6 Å². The summed E-state index contributed by atoms with van der Waals surface area (Å²) in [6, 6.07) is 9.85. The summed E-state index contributed by atoms with van der Waals surface area (Å²) < 4.78 is 15.3. The van der Waals surface area contributed by atoms with Gasteiger partial charge in [0.2, 0.25) is 0 Å². The molecule has 4 aromatic rings. The molecule has 1 aromatic carbocycles. The molecule has 4 heterocycles. The van der Waals surface area contributed by atoms with Crippen molar-refractivity contribution >= 4 is 28.4 Å². The third-order valence-corrected chi connectivity index (χ3v) is 6.69. The average Bonchev–Trinajstić information content (AvgIpc) is 3.49. The van der Waals surface area contributed by atoms with Crippen LogP contribution >= 0.6 is 0 Å². The monoisotopic (exact) mass is 461 g/mol. The highest BCUT2D eigenvalue weighted by atomic mass is 19.1. The molecular formula is C26H28FN5O2. The standard InChI is InChI=1S/C26H28FN5O2/c27-21-5-6-22-20(15-21)16-23(30-22)26(34)31-12-8-18(9-13-31)3-1-2-10-29-25(33)19-4-7-24-28-11-14-32(24)17-19/h4-7,11,14-18,30H,1-3,8-10,12-13H2,(H,29,33). The second kappa shape index (κ2) is 9.67. The van der Waals surface area contributed by atoms with Crippen molar-refractivity contribution < 1.29 is 14.0 Å². The summed E-state index contributed by atoms with van der Waals surface area (Å²) in [6.45, 7) is 2.13. The molecule has 34 heavy (non-hydrogen) atoms. The number of halogens is 1. The summed E-state index contributed by atoms with van der Waals surface area (Å²) in [6.07, 6.45) is 10.4. The normalized spacial score (nSPS) is 14.7. The van der Waals surface area contributed by atoms with Crippen LogP contribution in [0.1, 0.15) is 53.0 Å². The zero-order chi connectivity index (χ0) is 23.5. The molecule has 0 spiro atoms. The second-order valence-corrected chi connectivity index (χ2v) is 9.01. The predicted molar refractivity (Wildman–Crippen MR) is 128 cm³/mol. The Morgan fingerprint density at radius 2 is 1.97 bits per heavy atom. The summed E-state index contributed by atoms with van der Waals surface area (Å²) in [5.74, 6) is 0.205. The van der Waals surface area contributed by atoms with Crippen molar-refractivity contribution in [1.29, 1.82) is 0 Å². The number of amides is 2. The summed E-state index contributed by atoms with van der Waals surface area (Å²) in [5, 5.41) is 3.71. The fraction of sp³-hybridized carbons (Fsp3) is 0.346. The van der Waals surface area contributed by atoms with E-state index in [4.69, 9.17) is 0 Å². The lowest BCUT2D eigenvalue weighted by Gasteiger charge is -2.31. The molecular weight excluding hydrogens is 433 g/mol. The number of hydrogen-bond acceptors (Lipinski definition) is 3. The number of fused-ring (bicyclic) bond motifs is 2. The number of nitrogens with zero attached hydrogens (tertiary/aromatic N) is 3. The van der Waals surface area contributed by atoms with Gasteiger partial charge in [-0.25, -0.2) is 9.37 Å². The van der Waals surface area contributed by atoms with E-state index in [1.165, 1.54) is 12.1 Å². The van der Waals surface area contributed by atoms with Crippen molar-refractivity contribution in [3.63, 3.8) is 0 Å². The number of rotatable bonds is 7. The molecule has 8 heteroatoms. The van der Waals surface area contributed by atoms with Gasteiger partial charge in [-0.1, -0.05) is 12.8 Å². The lowest BCUT2D eigenvalue weighted by atomic mass is 9.91. The fourth-order valence-corrected chi connectivity index (χ4v) is 4.73. The van der Waals surface area contributed by atoms with E-state index in [1.54, 1.807) is 30.6 Å². The van der Waals surface area contributed by atoms with Gasteiger partial charge in [-0.15, -0.1) is 0 Å². The van der Waals surface area contributed by atoms with Crippen LogP contribution in [-0.2, 0) is 0 Å². The van der Waals surface area contributed by atoms with E-state index in [9.17, 15) is 14.0 Å². The highest BCUT2D eigenvalue weighted by molar-refractivity contribution is 5.98. The van der Waals surface area contributed by atoms with Gasteiger partial charge in [0.15, 0.2) is 0 Å². The molecule has 5 rings (SSSR count). The maximum atomic E-state index is 13.4. The molecule has 3 aromatic heterocycles. The Morgan fingerprint density at radius 1 is 1.12 bits per heavy atom. The average molecular weight is 462 g/mol. The maximum absolute atomic E-state index is 13.4. The van der Waals surface area contributed by atoms with Crippen molar-refractivity contribution in [3.8, 4) is 0 Å². The molecule has 0 atom stereocenters. The van der Waals surface area contributed by atoms with Crippen LogP contribution in [0, 0.1) is 11.7 Å². The first kappa shape index (κ1) is 22.1. The molecule has 1 aliphatic rings. The first-order valence-corrected chi connectivity index (χ1v) is 11.9. The van der Waals surface area contributed by atoms with Crippen LogP contribution in [0.5, 0.6) is 0 Å². The van der Waals surface area contributed by atoms with Crippen molar-refractivity contribution in [2.24, 2.45) is 5.92 Å². The minimum absolute atomic E-state index is 0.0216. The first-order valence-electron chi connectivity index (χ1n) is 11.9. The molecule has 0 unspecified atom stereocenters. The number of carbonyl (C=O) groups excluding carboxylic acids is 2. The molecule has 0 radical (unpaired) electrons. The molecule has 2 amide bonds. The first-order chi connectivity index (χ1) is 16.6. The Hall–Kier alpha value is -3.68. The number of imidazole rings is 1. The lowest BCUT2D eigenvalue weighted by Crippen LogP contribution is -2.38. The van der Waals surface area contributed by atoms with Crippen LogP contribution in [0.4, 0.5) is 4.39 Å². The number of H-pyrrole nitrogens is 1. The summed E-state index contributed by atoms with van der Waals surface area (Å²) in [5.41, 5.74) is 2.74. The highest BCUT2D eigenvalue weighted by Gasteiger charge is 2.24. The number of piperidine rings is 1. The Morgan fingerprint density at radius 3 is 2.82 bits per heavy atom. The van der Waals surface area contributed by atoms with Gasteiger partial charge >= 0.3 is 0 Å². The Labute approximate surface area is 197 Å². The van der Waals surface area contributed by atoms with E-state index in [1.807, 2.05) is 21.6 Å². The van der Waals surface area contributed by atoms with Crippen LogP contribution in [-0.4, -0.2) is 50.7 Å². The highest BCUT2D eigenvalue weighted by Crippen LogP contribution is 2.25. The van der Waals surface area contributed by atoms with Crippen LogP contribution in [0.3, 0.4) is 0 Å². The zero-order valence-electron chi connectivity index (χ0n) is 19.0. The van der Waals surface area contributed by atoms with Crippen molar-refractivity contribution in [2.45, 2.75) is 32.1 Å². The number of nitrogens with one attached hydrogen (secondary N) is 2. The van der Waals surface area contributed by atoms with E-state index < -0.39 is 0 Å². The smallest absolute Gasteiger partial charge is 0.270 e. The molecule has 1 aliphatic heterocycles. The van der Waals surface area contributed by atoms with Gasteiger partial charge in [0.1, 0.15) is 17.2 Å². The Bertz CT molecular complexity index is 1320. The number of pyridine rings is 1. The molecule has 2 N–H and O–H groups in total.